The molecule has 0 spiro atoms. The molecule has 2 amide bonds. The van der Waals surface area contributed by atoms with Crippen LogP contribution in [0.25, 0.3) is 0 Å². The molecule has 0 bridgehead atoms. The van der Waals surface area contributed by atoms with Gasteiger partial charge in [-0.15, -0.1) is 0 Å². The molecule has 1 aliphatic rings. The van der Waals surface area contributed by atoms with Crippen molar-refractivity contribution >= 4 is 29.0 Å². The van der Waals surface area contributed by atoms with Gasteiger partial charge in [-0.3, -0.25) is 4.90 Å². The van der Waals surface area contributed by atoms with Crippen LogP contribution in [0.15, 0.2) is 24.7 Å². The molecule has 22 heavy (non-hydrogen) atoms. The van der Waals surface area contributed by atoms with Gasteiger partial charge in [0.1, 0.15) is 0 Å². The van der Waals surface area contributed by atoms with E-state index in [4.69, 9.17) is 11.6 Å². The minimum atomic E-state index is -0.172. The molecule has 0 unspecified atom stereocenters. The Balaban J connectivity index is 1.92. The van der Waals surface area contributed by atoms with Crippen LogP contribution in [0, 0.1) is 0 Å². The summed E-state index contributed by atoms with van der Waals surface area (Å²) >= 11 is 6.41. The van der Waals surface area contributed by atoms with E-state index in [9.17, 15) is 4.79 Å². The Labute approximate surface area is 134 Å². The largest absolute Gasteiger partial charge is 0.365 e. The predicted molar refractivity (Wildman–Crippen MR) is 87.7 cm³/mol. The van der Waals surface area contributed by atoms with E-state index in [1.165, 1.54) is 0 Å². The van der Waals surface area contributed by atoms with E-state index in [-0.39, 0.29) is 6.03 Å². The summed E-state index contributed by atoms with van der Waals surface area (Å²) in [4.78, 5) is 22.8. The third kappa shape index (κ3) is 2.62. The van der Waals surface area contributed by atoms with E-state index in [2.05, 4.69) is 20.2 Å². The number of nitrogens with zero attached hydrogens (tertiary/aromatic N) is 3. The van der Waals surface area contributed by atoms with Crippen LogP contribution in [0.4, 0.5) is 16.2 Å². The van der Waals surface area contributed by atoms with Crippen molar-refractivity contribution in [3.05, 3.63) is 40.9 Å². The van der Waals surface area contributed by atoms with Gasteiger partial charge >= 0.3 is 6.03 Å². The van der Waals surface area contributed by atoms with Gasteiger partial charge in [0.2, 0.25) is 0 Å². The zero-order valence-electron chi connectivity index (χ0n) is 12.6. The Kier molecular flexibility index (Phi) is 3.94. The highest BCUT2D eigenvalue weighted by Crippen LogP contribution is 2.38. The number of imidazole rings is 1. The maximum atomic E-state index is 11.8. The minimum Gasteiger partial charge on any atom is -0.365 e. The van der Waals surface area contributed by atoms with Gasteiger partial charge in [-0.05, 0) is 24.1 Å². The lowest BCUT2D eigenvalue weighted by atomic mass is 10.1. The quantitative estimate of drug-likeness (QED) is 0.913. The molecule has 1 aliphatic heterocycles. The number of fused-ring (bicyclic) bond motifs is 1. The molecule has 7 heteroatoms. The maximum Gasteiger partial charge on any atom is 0.321 e. The molecule has 0 aliphatic carbocycles. The summed E-state index contributed by atoms with van der Waals surface area (Å²) in [6.07, 6.45) is 4.40. The van der Waals surface area contributed by atoms with E-state index in [0.717, 1.165) is 42.1 Å². The molecule has 1 aromatic heterocycles. The first-order valence-corrected chi connectivity index (χ1v) is 7.48. The summed E-state index contributed by atoms with van der Waals surface area (Å²) in [6.45, 7) is 1.65. The molecule has 2 aromatic rings. The zero-order valence-corrected chi connectivity index (χ0v) is 13.3. The number of nitrogens with one attached hydrogen (secondary N) is 2. The summed E-state index contributed by atoms with van der Waals surface area (Å²) in [5, 5.41) is 3.32. The summed E-state index contributed by atoms with van der Waals surface area (Å²) in [5.74, 6) is 0. The number of carbonyl (C=O) groups excluding carboxylic acids is 1. The second-order valence-electron chi connectivity index (χ2n) is 5.29. The molecule has 1 aromatic carbocycles. The number of urea groups is 1. The molecule has 0 saturated heterocycles. The molecule has 0 atom stereocenters. The van der Waals surface area contributed by atoms with Gasteiger partial charge < -0.3 is 15.2 Å². The Morgan fingerprint density at radius 3 is 3.05 bits per heavy atom. The number of hydrogen-bond donors (Lipinski definition) is 2. The third-order valence-corrected chi connectivity index (χ3v) is 4.29. The van der Waals surface area contributed by atoms with E-state index in [1.807, 2.05) is 18.3 Å². The van der Waals surface area contributed by atoms with Crippen LogP contribution in [0.3, 0.4) is 0 Å². The molecule has 2 N–H and O–H groups in total. The fourth-order valence-corrected chi connectivity index (χ4v) is 3.03. The van der Waals surface area contributed by atoms with Crippen molar-refractivity contribution in [3.8, 4) is 0 Å². The highest BCUT2D eigenvalue weighted by atomic mass is 35.5. The van der Waals surface area contributed by atoms with E-state index >= 15 is 0 Å². The molecular formula is C15H18ClN5O. The number of benzene rings is 1. The van der Waals surface area contributed by atoms with Crippen molar-refractivity contribution in [1.29, 1.82) is 0 Å². The molecule has 2 heterocycles. The van der Waals surface area contributed by atoms with Crippen molar-refractivity contribution in [2.45, 2.75) is 13.0 Å². The first-order valence-electron chi connectivity index (χ1n) is 7.10. The van der Waals surface area contributed by atoms with Gasteiger partial charge in [-0.25, -0.2) is 9.78 Å². The van der Waals surface area contributed by atoms with Gasteiger partial charge in [-0.1, -0.05) is 11.6 Å². The maximum absolute atomic E-state index is 11.8. The standard InChI is InChI=1S/C15H18ClN5O/c1-17-15(22)20(2)11-5-13(16)12-3-4-21(14(12)6-11)8-10-7-18-9-19-10/h5-7,9H,3-4,8H2,1-2H3,(H,17,22)(H,18,19). The van der Waals surface area contributed by atoms with Gasteiger partial charge in [-0.2, -0.15) is 0 Å². The Morgan fingerprint density at radius 1 is 1.55 bits per heavy atom. The Hall–Kier alpha value is -2.21. The number of hydrogen-bond acceptors (Lipinski definition) is 3. The van der Waals surface area contributed by atoms with Crippen LogP contribution in [-0.4, -0.2) is 36.6 Å². The molecule has 0 radical (unpaired) electrons. The van der Waals surface area contributed by atoms with E-state index in [0.29, 0.717) is 5.02 Å². The summed E-state index contributed by atoms with van der Waals surface area (Å²) in [5.41, 5.74) is 4.04. The smallest absolute Gasteiger partial charge is 0.321 e. The highest BCUT2D eigenvalue weighted by Gasteiger charge is 2.24. The van der Waals surface area contributed by atoms with Crippen molar-refractivity contribution < 1.29 is 4.79 Å². The van der Waals surface area contributed by atoms with Crippen LogP contribution in [-0.2, 0) is 13.0 Å². The van der Waals surface area contributed by atoms with Crippen LogP contribution < -0.4 is 15.1 Å². The fraction of sp³-hybridized carbons (Fsp3) is 0.333. The van der Waals surface area contributed by atoms with Crippen LogP contribution in [0.1, 0.15) is 11.3 Å². The summed E-state index contributed by atoms with van der Waals surface area (Å²) < 4.78 is 0. The van der Waals surface area contributed by atoms with E-state index in [1.54, 1.807) is 25.3 Å². The number of anilines is 2. The van der Waals surface area contributed by atoms with Crippen molar-refractivity contribution in [2.75, 3.05) is 30.4 Å². The average molecular weight is 320 g/mol. The molecule has 6 nitrogen and oxygen atoms in total. The number of rotatable bonds is 3. The lowest BCUT2D eigenvalue weighted by Gasteiger charge is -2.22. The number of halogens is 1. The van der Waals surface area contributed by atoms with Gasteiger partial charge in [0.15, 0.2) is 0 Å². The molecular weight excluding hydrogens is 302 g/mol. The Morgan fingerprint density at radius 2 is 2.36 bits per heavy atom. The molecule has 0 fully saturated rings. The normalized spacial score (nSPS) is 13.1. The zero-order chi connectivity index (χ0) is 15.7. The lowest BCUT2D eigenvalue weighted by Crippen LogP contribution is -2.34. The molecule has 0 saturated carbocycles. The topological polar surface area (TPSA) is 64.3 Å². The number of amides is 2. The van der Waals surface area contributed by atoms with Gasteiger partial charge in [0, 0.05) is 43.2 Å². The number of aromatic nitrogens is 2. The molecule has 116 valence electrons. The second-order valence-corrected chi connectivity index (χ2v) is 5.70. The van der Waals surface area contributed by atoms with Crippen LogP contribution in [0.5, 0.6) is 0 Å². The van der Waals surface area contributed by atoms with Gasteiger partial charge in [0.25, 0.3) is 0 Å². The highest BCUT2D eigenvalue weighted by molar-refractivity contribution is 6.32. The van der Waals surface area contributed by atoms with E-state index < -0.39 is 0 Å². The van der Waals surface area contributed by atoms with Crippen molar-refractivity contribution in [1.82, 2.24) is 15.3 Å². The average Bonchev–Trinajstić information content (AvgIpc) is 3.16. The number of aromatic amines is 1. The monoisotopic (exact) mass is 319 g/mol. The lowest BCUT2D eigenvalue weighted by molar-refractivity contribution is 0.249. The fourth-order valence-electron chi connectivity index (χ4n) is 2.72. The predicted octanol–water partition coefficient (Wildman–Crippen LogP) is 2.40. The number of carbonyl (C=O) groups is 1. The van der Waals surface area contributed by atoms with Crippen LogP contribution >= 0.6 is 11.6 Å². The first-order chi connectivity index (χ1) is 10.6. The van der Waals surface area contributed by atoms with Crippen LogP contribution in [0.2, 0.25) is 5.02 Å². The SMILES string of the molecule is CNC(=O)N(C)c1cc(Cl)c2c(c1)N(Cc1cnc[nH]1)CC2. The minimum absolute atomic E-state index is 0.172. The Bertz CT molecular complexity index is 685. The summed E-state index contributed by atoms with van der Waals surface area (Å²) in [6, 6.07) is 3.68. The summed E-state index contributed by atoms with van der Waals surface area (Å²) in [7, 11) is 3.34. The van der Waals surface area contributed by atoms with Gasteiger partial charge in [0.05, 0.1) is 18.6 Å². The number of H-pyrrole nitrogens is 1. The molecule has 3 rings (SSSR count). The van der Waals surface area contributed by atoms with Crippen molar-refractivity contribution in [2.24, 2.45) is 0 Å². The third-order valence-electron chi connectivity index (χ3n) is 3.95. The van der Waals surface area contributed by atoms with Crippen molar-refractivity contribution in [3.63, 3.8) is 0 Å². The second kappa shape index (κ2) is 5.88. The first kappa shape index (κ1) is 14.7.